The van der Waals surface area contributed by atoms with Crippen LogP contribution in [0.4, 0.5) is 5.00 Å². The minimum Gasteiger partial charge on any atom is -0.486 e. The van der Waals surface area contributed by atoms with Gasteiger partial charge in [-0.05, 0) is 55.7 Å². The lowest BCUT2D eigenvalue weighted by Gasteiger charge is -2.06. The molecule has 2 aromatic heterocycles. The van der Waals surface area contributed by atoms with Gasteiger partial charge in [-0.25, -0.2) is 4.79 Å². The minimum absolute atomic E-state index is 0.0337. The normalized spacial score (nSPS) is 10.6. The van der Waals surface area contributed by atoms with Crippen molar-refractivity contribution in [3.63, 3.8) is 0 Å². The van der Waals surface area contributed by atoms with Crippen LogP contribution in [0.1, 0.15) is 61.3 Å². The van der Waals surface area contributed by atoms with E-state index in [2.05, 4.69) is 12.2 Å². The number of anilines is 1. The molecule has 0 saturated carbocycles. The van der Waals surface area contributed by atoms with Crippen LogP contribution in [-0.4, -0.2) is 24.4 Å². The second-order valence-corrected chi connectivity index (χ2v) is 7.87. The number of amides is 2. The fraction of sp³-hybridized carbons (Fsp3) is 0.261. The van der Waals surface area contributed by atoms with Crippen LogP contribution in [-0.2, 0) is 17.8 Å². The molecule has 3 aromatic rings. The number of nitrogens with two attached hydrogens (primary N) is 1. The Morgan fingerprint density at radius 1 is 1.09 bits per heavy atom. The maximum absolute atomic E-state index is 12.7. The van der Waals surface area contributed by atoms with Crippen molar-refractivity contribution < 1.29 is 28.3 Å². The molecule has 0 unspecified atom stereocenters. The van der Waals surface area contributed by atoms with Crippen LogP contribution in [0.5, 0.6) is 5.75 Å². The van der Waals surface area contributed by atoms with Gasteiger partial charge in [0.1, 0.15) is 23.1 Å². The molecule has 2 heterocycles. The van der Waals surface area contributed by atoms with Gasteiger partial charge in [0.05, 0.1) is 17.0 Å². The molecule has 0 radical (unpaired) electrons. The quantitative estimate of drug-likeness (QED) is 0.463. The first-order valence-electron chi connectivity index (χ1n) is 10.1. The molecule has 0 bridgehead atoms. The van der Waals surface area contributed by atoms with Crippen LogP contribution < -0.4 is 15.8 Å². The average Bonchev–Trinajstić information content (AvgIpc) is 3.37. The van der Waals surface area contributed by atoms with Gasteiger partial charge in [0.15, 0.2) is 5.76 Å². The van der Waals surface area contributed by atoms with Gasteiger partial charge in [-0.1, -0.05) is 19.1 Å². The molecule has 0 fully saturated rings. The number of hydrogen-bond donors (Lipinski definition) is 2. The molecule has 0 aliphatic heterocycles. The first-order chi connectivity index (χ1) is 15.3. The lowest BCUT2D eigenvalue weighted by molar-refractivity contribution is 0.0527. The Morgan fingerprint density at radius 2 is 1.81 bits per heavy atom. The zero-order valence-corrected chi connectivity index (χ0v) is 18.8. The van der Waals surface area contributed by atoms with Crippen LogP contribution in [0.15, 0.2) is 40.8 Å². The maximum Gasteiger partial charge on any atom is 0.341 e. The SMILES string of the molecule is CCOC(=O)c1c(NC(=O)c2ccc(COc3ccc(CC)cc3)o2)sc(C(N)=O)c1C. The number of esters is 1. The Morgan fingerprint density at radius 3 is 2.44 bits per heavy atom. The second-order valence-electron chi connectivity index (χ2n) is 6.85. The third kappa shape index (κ3) is 5.17. The second kappa shape index (κ2) is 10.1. The molecule has 1 aromatic carbocycles. The van der Waals surface area contributed by atoms with Crippen molar-refractivity contribution in [3.05, 3.63) is 69.5 Å². The van der Waals surface area contributed by atoms with Gasteiger partial charge in [0.2, 0.25) is 0 Å². The van der Waals surface area contributed by atoms with Gasteiger partial charge in [0.25, 0.3) is 11.8 Å². The standard InChI is InChI=1S/C23H24N2O6S/c1-4-14-6-8-15(9-7-14)30-12-16-10-11-17(31-16)21(27)25-22-18(23(28)29-5-2)13(3)19(32-22)20(24)26/h6-11H,4-5,12H2,1-3H3,(H2,24,26)(H,25,27). The minimum atomic E-state index is -0.692. The summed E-state index contributed by atoms with van der Waals surface area (Å²) in [4.78, 5) is 36.9. The molecule has 0 aliphatic carbocycles. The zero-order chi connectivity index (χ0) is 23.3. The molecule has 0 aliphatic rings. The van der Waals surface area contributed by atoms with Crippen LogP contribution in [0, 0.1) is 6.92 Å². The van der Waals surface area contributed by atoms with Crippen LogP contribution in [0.3, 0.4) is 0 Å². The number of rotatable bonds is 9. The van der Waals surface area contributed by atoms with E-state index in [9.17, 15) is 14.4 Å². The van der Waals surface area contributed by atoms with E-state index in [1.165, 1.54) is 11.6 Å². The van der Waals surface area contributed by atoms with Crippen LogP contribution >= 0.6 is 11.3 Å². The molecule has 8 nitrogen and oxygen atoms in total. The molecule has 0 saturated heterocycles. The molecule has 2 amide bonds. The Kier molecular flexibility index (Phi) is 7.32. The molecule has 3 rings (SSSR count). The number of hydrogen-bond acceptors (Lipinski definition) is 7. The fourth-order valence-electron chi connectivity index (χ4n) is 3.00. The van der Waals surface area contributed by atoms with Gasteiger partial charge < -0.3 is 24.9 Å². The molecule has 9 heteroatoms. The predicted molar refractivity (Wildman–Crippen MR) is 120 cm³/mol. The fourth-order valence-corrected chi connectivity index (χ4v) is 4.05. The highest BCUT2D eigenvalue weighted by molar-refractivity contribution is 7.18. The number of thiophene rings is 1. The predicted octanol–water partition coefficient (Wildman–Crippen LogP) is 4.32. The molecule has 0 atom stereocenters. The highest BCUT2D eigenvalue weighted by Gasteiger charge is 2.26. The van der Waals surface area contributed by atoms with E-state index in [1.807, 2.05) is 24.3 Å². The Bertz CT molecular complexity index is 1130. The van der Waals surface area contributed by atoms with Crippen molar-refractivity contribution in [3.8, 4) is 5.75 Å². The highest BCUT2D eigenvalue weighted by Crippen LogP contribution is 2.34. The zero-order valence-electron chi connectivity index (χ0n) is 18.0. The molecule has 32 heavy (non-hydrogen) atoms. The number of ether oxygens (including phenoxy) is 2. The number of carbonyl (C=O) groups is 3. The number of benzene rings is 1. The van der Waals surface area contributed by atoms with Crippen molar-refractivity contribution >= 4 is 34.1 Å². The van der Waals surface area contributed by atoms with E-state index in [0.29, 0.717) is 17.1 Å². The summed E-state index contributed by atoms with van der Waals surface area (Å²) in [5.74, 6) is -0.732. The third-order valence-electron chi connectivity index (χ3n) is 4.68. The monoisotopic (exact) mass is 456 g/mol. The van der Waals surface area contributed by atoms with Gasteiger partial charge in [-0.3, -0.25) is 9.59 Å². The number of primary amides is 1. The number of nitrogens with one attached hydrogen (secondary N) is 1. The molecular formula is C23H24N2O6S. The summed E-state index contributed by atoms with van der Waals surface area (Å²) >= 11 is 0.915. The summed E-state index contributed by atoms with van der Waals surface area (Å²) in [5, 5.41) is 2.79. The van der Waals surface area contributed by atoms with Crippen molar-refractivity contribution in [2.24, 2.45) is 5.73 Å². The van der Waals surface area contributed by atoms with Gasteiger partial charge >= 0.3 is 5.97 Å². The largest absolute Gasteiger partial charge is 0.486 e. The van der Waals surface area contributed by atoms with Crippen molar-refractivity contribution in [2.75, 3.05) is 11.9 Å². The summed E-state index contributed by atoms with van der Waals surface area (Å²) in [6.07, 6.45) is 0.944. The first-order valence-corrected chi connectivity index (χ1v) is 10.9. The van der Waals surface area contributed by atoms with E-state index in [4.69, 9.17) is 19.6 Å². The van der Waals surface area contributed by atoms with E-state index < -0.39 is 17.8 Å². The Labute approximate surface area is 189 Å². The van der Waals surface area contributed by atoms with E-state index in [1.54, 1.807) is 19.9 Å². The molecular weight excluding hydrogens is 432 g/mol. The molecule has 0 spiro atoms. The van der Waals surface area contributed by atoms with Gasteiger partial charge in [0, 0.05) is 0 Å². The average molecular weight is 457 g/mol. The summed E-state index contributed by atoms with van der Waals surface area (Å²) in [5.41, 5.74) is 7.06. The van der Waals surface area contributed by atoms with Crippen LogP contribution in [0.25, 0.3) is 0 Å². The molecule has 3 N–H and O–H groups in total. The summed E-state index contributed by atoms with van der Waals surface area (Å²) in [6, 6.07) is 10.9. The first kappa shape index (κ1) is 23.1. The lowest BCUT2D eigenvalue weighted by Crippen LogP contribution is -2.14. The van der Waals surface area contributed by atoms with Gasteiger partial charge in [-0.2, -0.15) is 0 Å². The summed E-state index contributed by atoms with van der Waals surface area (Å²) in [7, 11) is 0. The maximum atomic E-state index is 12.7. The summed E-state index contributed by atoms with van der Waals surface area (Å²) < 4.78 is 16.3. The van der Waals surface area contributed by atoms with Crippen molar-refractivity contribution in [1.82, 2.24) is 0 Å². The highest BCUT2D eigenvalue weighted by atomic mass is 32.1. The van der Waals surface area contributed by atoms with E-state index in [0.717, 1.165) is 17.8 Å². The van der Waals surface area contributed by atoms with Crippen molar-refractivity contribution in [1.29, 1.82) is 0 Å². The molecule has 168 valence electrons. The smallest absolute Gasteiger partial charge is 0.341 e. The Balaban J connectivity index is 1.72. The topological polar surface area (TPSA) is 121 Å². The lowest BCUT2D eigenvalue weighted by atomic mass is 10.1. The Hall–Kier alpha value is -3.59. The number of aryl methyl sites for hydroxylation is 1. The van der Waals surface area contributed by atoms with E-state index >= 15 is 0 Å². The number of furan rings is 1. The summed E-state index contributed by atoms with van der Waals surface area (Å²) in [6.45, 7) is 5.62. The third-order valence-corrected chi connectivity index (χ3v) is 5.90. The van der Waals surface area contributed by atoms with Gasteiger partial charge in [-0.15, -0.1) is 11.3 Å². The van der Waals surface area contributed by atoms with Crippen LogP contribution in [0.2, 0.25) is 0 Å². The van der Waals surface area contributed by atoms with E-state index in [-0.39, 0.29) is 34.4 Å². The number of carbonyl (C=O) groups excluding carboxylic acids is 3. The van der Waals surface area contributed by atoms with Crippen molar-refractivity contribution in [2.45, 2.75) is 33.8 Å².